The van der Waals surface area contributed by atoms with Crippen molar-refractivity contribution in [2.24, 2.45) is 47.3 Å². The van der Waals surface area contributed by atoms with Crippen LogP contribution in [0.1, 0.15) is 112 Å². The van der Waals surface area contributed by atoms with Crippen molar-refractivity contribution in [2.45, 2.75) is 160 Å². The molecule has 17 atom stereocenters. The van der Waals surface area contributed by atoms with Gasteiger partial charge in [-0.15, -0.1) is 0 Å². The third-order valence-corrected chi connectivity index (χ3v) is 15.8. The molecule has 2 spiro atoms. The van der Waals surface area contributed by atoms with Crippen molar-refractivity contribution < 1.29 is 56.6 Å². The van der Waals surface area contributed by atoms with Crippen LogP contribution < -0.4 is 0 Å². The van der Waals surface area contributed by atoms with Crippen molar-refractivity contribution in [3.63, 3.8) is 0 Å². The minimum atomic E-state index is -3.77. The Hall–Kier alpha value is -0.210. The highest BCUT2D eigenvalue weighted by molar-refractivity contribution is 7.48. The van der Waals surface area contributed by atoms with E-state index in [0.717, 1.165) is 51.4 Å². The van der Waals surface area contributed by atoms with Gasteiger partial charge in [-0.05, 0) is 107 Å². The van der Waals surface area contributed by atoms with Gasteiger partial charge in [0, 0.05) is 31.8 Å². The largest absolute Gasteiger partial charge is 0.474 e. The van der Waals surface area contributed by atoms with Crippen molar-refractivity contribution in [3.05, 3.63) is 0 Å². The first-order valence-electron chi connectivity index (χ1n) is 19.2. The number of fused-ring (bicyclic) bond motifs is 4. The fraction of sp³-hybridized carbons (Fsp3) is 1.00. The molecule has 0 N–H and O–H groups in total. The summed E-state index contributed by atoms with van der Waals surface area (Å²) in [5.74, 6) is 1.000. The van der Waals surface area contributed by atoms with Gasteiger partial charge >= 0.3 is 7.82 Å². The first-order valence-corrected chi connectivity index (χ1v) is 20.7. The average molecular weight is 715 g/mol. The van der Waals surface area contributed by atoms with Crippen molar-refractivity contribution in [1.82, 2.24) is 0 Å². The lowest BCUT2D eigenvalue weighted by molar-refractivity contribution is -0.571. The first-order chi connectivity index (χ1) is 23.4. The molecule has 280 valence electrons. The summed E-state index contributed by atoms with van der Waals surface area (Å²) in [6, 6.07) is 0. The molecule has 8 saturated heterocycles. The summed E-state index contributed by atoms with van der Waals surface area (Å²) in [4.78, 5) is 24.4. The lowest BCUT2D eigenvalue weighted by Gasteiger charge is -2.60. The van der Waals surface area contributed by atoms with Crippen LogP contribution >= 0.6 is 7.82 Å². The summed E-state index contributed by atoms with van der Waals surface area (Å²) in [5, 5.41) is 0. The van der Waals surface area contributed by atoms with Gasteiger partial charge in [-0.3, -0.25) is 13.6 Å². The van der Waals surface area contributed by atoms with E-state index in [9.17, 15) is 4.57 Å². The molecule has 12 nitrogen and oxygen atoms in total. The van der Waals surface area contributed by atoms with E-state index >= 15 is 0 Å². The van der Waals surface area contributed by atoms with Crippen LogP contribution in [0.3, 0.4) is 0 Å². The van der Waals surface area contributed by atoms with Gasteiger partial charge in [0.2, 0.25) is 11.6 Å². The van der Waals surface area contributed by atoms with E-state index < -0.39 is 43.2 Å². The van der Waals surface area contributed by atoms with Gasteiger partial charge in [0.15, 0.2) is 23.8 Å². The van der Waals surface area contributed by atoms with Crippen molar-refractivity contribution in [3.8, 4) is 0 Å². The second kappa shape index (κ2) is 13.0. The number of rotatable bonds is 10. The number of hydrogen-bond donors (Lipinski definition) is 0. The van der Waals surface area contributed by atoms with Crippen molar-refractivity contribution in [2.75, 3.05) is 20.3 Å². The van der Waals surface area contributed by atoms with Crippen molar-refractivity contribution >= 4 is 7.82 Å². The van der Waals surface area contributed by atoms with Gasteiger partial charge in [-0.2, -0.15) is 0 Å². The third-order valence-electron chi connectivity index (χ3n) is 14.3. The van der Waals surface area contributed by atoms with Gasteiger partial charge in [-0.1, -0.05) is 27.7 Å². The van der Waals surface area contributed by atoms with Crippen LogP contribution in [0.4, 0.5) is 0 Å². The molecule has 0 aromatic rings. The fourth-order valence-corrected chi connectivity index (χ4v) is 12.5. The SMILES string of the molecule is COP(=O)(OCCCC1O[C@H]2O[C@@]3(C)CC[C@H]4[C@H](C)CC[C@@H]([C@H]1C)[C@@]24OO3)OCCC1O[C@H]2O[C@@]3(C)CC[C@H]4[C@H](C)CC[C@@H]([C@H]1C)[C@@]24OO3. The van der Waals surface area contributed by atoms with Crippen LogP contribution in [0, 0.1) is 47.3 Å². The van der Waals surface area contributed by atoms with E-state index in [4.69, 9.17) is 52.1 Å². The number of hydrogen-bond acceptors (Lipinski definition) is 12. The molecule has 0 amide bonds. The average Bonchev–Trinajstić information content (AvgIpc) is 3.45. The molecule has 10 aliphatic rings. The maximum absolute atomic E-state index is 13.5. The highest BCUT2D eigenvalue weighted by atomic mass is 31.2. The summed E-state index contributed by atoms with van der Waals surface area (Å²) >= 11 is 0. The summed E-state index contributed by atoms with van der Waals surface area (Å²) in [6.07, 6.45) is 8.69. The van der Waals surface area contributed by atoms with Crippen LogP contribution in [0.5, 0.6) is 0 Å². The van der Waals surface area contributed by atoms with Crippen LogP contribution in [0.15, 0.2) is 0 Å². The molecule has 0 aromatic carbocycles. The fourth-order valence-electron chi connectivity index (χ4n) is 11.5. The van der Waals surface area contributed by atoms with Crippen LogP contribution in [0.2, 0.25) is 0 Å². The molecule has 3 unspecified atom stereocenters. The Morgan fingerprint density at radius 1 is 0.633 bits per heavy atom. The standard InChI is InChI=1S/C36H59O12P/c1-21-10-12-27-23(3)29(41-31-35(27)25(21)14-17-33(5,43-31)45-47-35)9-8-19-39-49(37,38-7)40-20-16-30-24(4)28-13-11-22(2)26-15-18-34(6)44-32(42-30)36(26,28)48-46-34/h21-32H,8-20H2,1-7H3/t21-,22-,23-,24-,25+,26+,27+,28+,29?,30?,31+,32+,33-,34-,35-,36-,49?/m1/s1. The predicted octanol–water partition coefficient (Wildman–Crippen LogP) is 7.45. The number of phosphoric acid groups is 1. The second-order valence-electron chi connectivity index (χ2n) is 17.1. The molecular weight excluding hydrogens is 655 g/mol. The Morgan fingerprint density at radius 2 is 1.12 bits per heavy atom. The summed E-state index contributed by atoms with van der Waals surface area (Å²) in [7, 11) is -2.40. The summed E-state index contributed by atoms with van der Waals surface area (Å²) < 4.78 is 56.9. The van der Waals surface area contributed by atoms with Gasteiger partial charge < -0.3 is 18.9 Å². The zero-order valence-electron chi connectivity index (χ0n) is 30.5. The number of ether oxygens (including phenoxy) is 4. The van der Waals surface area contributed by atoms with E-state index in [1.807, 2.05) is 13.8 Å². The van der Waals surface area contributed by atoms with E-state index in [1.165, 1.54) is 13.5 Å². The third kappa shape index (κ3) is 5.77. The number of phosphoric ester groups is 1. The Kier molecular flexibility index (Phi) is 9.48. The molecule has 0 aromatic heterocycles. The lowest BCUT2D eigenvalue weighted by Crippen LogP contribution is -2.70. The second-order valence-corrected chi connectivity index (χ2v) is 18.9. The quantitative estimate of drug-likeness (QED) is 0.127. The normalized spacial score (nSPS) is 54.3. The predicted molar refractivity (Wildman–Crippen MR) is 174 cm³/mol. The molecule has 2 aliphatic carbocycles. The van der Waals surface area contributed by atoms with Crippen LogP contribution in [0.25, 0.3) is 0 Å². The molecule has 10 rings (SSSR count). The molecule has 10 fully saturated rings. The van der Waals surface area contributed by atoms with E-state index in [1.54, 1.807) is 0 Å². The molecule has 2 saturated carbocycles. The Morgan fingerprint density at radius 3 is 1.63 bits per heavy atom. The van der Waals surface area contributed by atoms with E-state index in [0.29, 0.717) is 36.5 Å². The molecule has 8 aliphatic heterocycles. The molecule has 8 heterocycles. The summed E-state index contributed by atoms with van der Waals surface area (Å²) in [5.41, 5.74) is -1.18. The molecule has 0 radical (unpaired) electrons. The highest BCUT2D eigenvalue weighted by Crippen LogP contribution is 2.62. The van der Waals surface area contributed by atoms with Gasteiger partial charge in [-0.25, -0.2) is 24.1 Å². The lowest BCUT2D eigenvalue weighted by atomic mass is 9.57. The minimum absolute atomic E-state index is 0.0404. The van der Waals surface area contributed by atoms with E-state index in [2.05, 4.69) is 27.7 Å². The van der Waals surface area contributed by atoms with Gasteiger partial charge in [0.1, 0.15) is 0 Å². The van der Waals surface area contributed by atoms with Crippen LogP contribution in [-0.2, 0) is 56.6 Å². The zero-order chi connectivity index (χ0) is 34.4. The minimum Gasteiger partial charge on any atom is -0.346 e. The summed E-state index contributed by atoms with van der Waals surface area (Å²) in [6.45, 7) is 13.4. The smallest absolute Gasteiger partial charge is 0.346 e. The highest BCUT2D eigenvalue weighted by Gasteiger charge is 2.70. The van der Waals surface area contributed by atoms with Gasteiger partial charge in [0.05, 0.1) is 25.4 Å². The molecule has 49 heavy (non-hydrogen) atoms. The first kappa shape index (κ1) is 35.8. The van der Waals surface area contributed by atoms with Crippen molar-refractivity contribution in [1.29, 1.82) is 0 Å². The maximum Gasteiger partial charge on any atom is 0.474 e. The topological polar surface area (TPSA) is 119 Å². The zero-order valence-corrected chi connectivity index (χ0v) is 31.4. The Labute approximate surface area is 291 Å². The molecule has 4 bridgehead atoms. The van der Waals surface area contributed by atoms with Crippen LogP contribution in [-0.4, -0.2) is 67.9 Å². The molecular formula is C36H59O12P. The Balaban J connectivity index is 0.851. The molecule has 13 heteroatoms. The maximum atomic E-state index is 13.5. The Bertz CT molecular complexity index is 1270. The van der Waals surface area contributed by atoms with E-state index in [-0.39, 0.29) is 49.1 Å². The monoisotopic (exact) mass is 714 g/mol. The van der Waals surface area contributed by atoms with Gasteiger partial charge in [0.25, 0.3) is 0 Å².